The number of carbonyl (C=O) groups is 1. The molecule has 0 spiro atoms. The van der Waals surface area contributed by atoms with E-state index >= 15 is 0 Å². The first kappa shape index (κ1) is 14.2. The van der Waals surface area contributed by atoms with Gasteiger partial charge in [0.25, 0.3) is 0 Å². The molecule has 7 heteroatoms. The Morgan fingerprint density at radius 3 is 2.95 bits per heavy atom. The average Bonchev–Trinajstić information content (AvgIpc) is 3.32. The van der Waals surface area contributed by atoms with E-state index in [9.17, 15) is 4.79 Å². The van der Waals surface area contributed by atoms with E-state index in [1.165, 1.54) is 0 Å². The van der Waals surface area contributed by atoms with Crippen LogP contribution in [-0.2, 0) is 4.74 Å². The first-order chi connectivity index (χ1) is 10.8. The number of carbonyl (C=O) groups excluding carboxylic acids is 1. The molecule has 114 valence electrons. The fraction of sp³-hybridized carbons (Fsp3) is 0.333. The number of esters is 1. The van der Waals surface area contributed by atoms with E-state index in [0.717, 1.165) is 12.8 Å². The highest BCUT2D eigenvalue weighted by Crippen LogP contribution is 2.24. The summed E-state index contributed by atoms with van der Waals surface area (Å²) in [5.74, 6) is 0.627. The van der Waals surface area contributed by atoms with E-state index in [1.807, 2.05) is 6.07 Å². The van der Waals surface area contributed by atoms with Crippen LogP contribution in [0, 0.1) is 0 Å². The van der Waals surface area contributed by atoms with E-state index in [2.05, 4.69) is 25.8 Å². The number of nitrogens with zero attached hydrogens (tertiary/aromatic N) is 3. The molecule has 0 saturated heterocycles. The van der Waals surface area contributed by atoms with E-state index in [0.29, 0.717) is 35.7 Å². The van der Waals surface area contributed by atoms with Crippen LogP contribution in [0.5, 0.6) is 0 Å². The van der Waals surface area contributed by atoms with Gasteiger partial charge in [0, 0.05) is 6.04 Å². The number of aromatic nitrogens is 3. The average molecular weight is 299 g/mol. The molecular formula is C15H17N5O2. The molecule has 1 saturated carbocycles. The lowest BCUT2D eigenvalue weighted by atomic mass is 10.2. The Kier molecular flexibility index (Phi) is 4.13. The molecule has 7 nitrogen and oxygen atoms in total. The molecule has 1 aromatic carbocycles. The fourth-order valence-corrected chi connectivity index (χ4v) is 1.96. The molecule has 1 aromatic heterocycles. The Labute approximate surface area is 128 Å². The molecule has 0 bridgehead atoms. The molecule has 0 atom stereocenters. The maximum Gasteiger partial charge on any atom is 0.340 e. The molecule has 1 heterocycles. The van der Waals surface area contributed by atoms with Crippen LogP contribution in [0.4, 0.5) is 17.5 Å². The summed E-state index contributed by atoms with van der Waals surface area (Å²) in [5.41, 5.74) is 1.03. The van der Waals surface area contributed by atoms with E-state index in [1.54, 1.807) is 31.3 Å². The summed E-state index contributed by atoms with van der Waals surface area (Å²) < 4.78 is 5.04. The highest BCUT2D eigenvalue weighted by molar-refractivity contribution is 5.96. The molecule has 0 radical (unpaired) electrons. The summed E-state index contributed by atoms with van der Waals surface area (Å²) in [6.45, 7) is 2.10. The second kappa shape index (κ2) is 6.38. The van der Waals surface area contributed by atoms with Gasteiger partial charge in [0.2, 0.25) is 5.95 Å². The van der Waals surface area contributed by atoms with Crippen LogP contribution in [0.25, 0.3) is 0 Å². The zero-order chi connectivity index (χ0) is 15.4. The van der Waals surface area contributed by atoms with Crippen molar-refractivity contribution < 1.29 is 9.53 Å². The maximum absolute atomic E-state index is 11.9. The Morgan fingerprint density at radius 2 is 2.18 bits per heavy atom. The number of anilines is 3. The minimum absolute atomic E-state index is 0.325. The van der Waals surface area contributed by atoms with Crippen LogP contribution in [-0.4, -0.2) is 33.8 Å². The molecule has 1 aliphatic rings. The highest BCUT2D eigenvalue weighted by Gasteiger charge is 2.21. The fourth-order valence-electron chi connectivity index (χ4n) is 1.96. The number of para-hydroxylation sites is 1. The summed E-state index contributed by atoms with van der Waals surface area (Å²) >= 11 is 0. The Hall–Kier alpha value is -2.70. The van der Waals surface area contributed by atoms with Gasteiger partial charge in [-0.05, 0) is 31.9 Å². The first-order valence-corrected chi connectivity index (χ1v) is 7.25. The van der Waals surface area contributed by atoms with Gasteiger partial charge < -0.3 is 15.4 Å². The Morgan fingerprint density at radius 1 is 1.36 bits per heavy atom. The van der Waals surface area contributed by atoms with Gasteiger partial charge in [0.1, 0.15) is 0 Å². The maximum atomic E-state index is 11.9. The molecule has 0 unspecified atom stereocenters. The second-order valence-electron chi connectivity index (χ2n) is 4.97. The molecule has 3 rings (SSSR count). The van der Waals surface area contributed by atoms with Crippen molar-refractivity contribution in [1.29, 1.82) is 0 Å². The third-order valence-electron chi connectivity index (χ3n) is 3.16. The first-order valence-electron chi connectivity index (χ1n) is 7.25. The van der Waals surface area contributed by atoms with Crippen LogP contribution in [0.15, 0.2) is 30.5 Å². The predicted molar refractivity (Wildman–Crippen MR) is 82.2 cm³/mol. The number of ether oxygens (including phenoxy) is 1. The molecule has 0 aliphatic heterocycles. The lowest BCUT2D eigenvalue weighted by Gasteiger charge is -2.10. The molecule has 1 aliphatic carbocycles. The van der Waals surface area contributed by atoms with Gasteiger partial charge >= 0.3 is 5.97 Å². The summed E-state index contributed by atoms with van der Waals surface area (Å²) in [6.07, 6.45) is 3.89. The minimum Gasteiger partial charge on any atom is -0.462 e. The summed E-state index contributed by atoms with van der Waals surface area (Å²) in [4.78, 5) is 16.3. The van der Waals surface area contributed by atoms with Gasteiger partial charge in [-0.15, -0.1) is 5.10 Å². The number of hydrogen-bond acceptors (Lipinski definition) is 7. The van der Waals surface area contributed by atoms with Crippen molar-refractivity contribution in [2.24, 2.45) is 0 Å². The number of rotatable bonds is 6. The van der Waals surface area contributed by atoms with Gasteiger partial charge in [-0.3, -0.25) is 0 Å². The van der Waals surface area contributed by atoms with Crippen LogP contribution in [0.1, 0.15) is 30.1 Å². The quantitative estimate of drug-likeness (QED) is 0.791. The van der Waals surface area contributed by atoms with Crippen molar-refractivity contribution in [3.63, 3.8) is 0 Å². The van der Waals surface area contributed by atoms with Crippen LogP contribution in [0.3, 0.4) is 0 Å². The Bertz CT molecular complexity index is 672. The third-order valence-corrected chi connectivity index (χ3v) is 3.16. The summed E-state index contributed by atoms with van der Waals surface area (Å²) in [7, 11) is 0. The van der Waals surface area contributed by atoms with Gasteiger partial charge in [-0.25, -0.2) is 4.79 Å². The highest BCUT2D eigenvalue weighted by atomic mass is 16.5. The van der Waals surface area contributed by atoms with Crippen molar-refractivity contribution in [2.75, 3.05) is 17.2 Å². The van der Waals surface area contributed by atoms with Gasteiger partial charge in [-0.2, -0.15) is 10.1 Å². The van der Waals surface area contributed by atoms with Crippen molar-refractivity contribution in [2.45, 2.75) is 25.8 Å². The van der Waals surface area contributed by atoms with E-state index in [-0.39, 0.29) is 5.97 Å². The van der Waals surface area contributed by atoms with Gasteiger partial charge in [-0.1, -0.05) is 12.1 Å². The van der Waals surface area contributed by atoms with Crippen molar-refractivity contribution >= 4 is 23.4 Å². The summed E-state index contributed by atoms with van der Waals surface area (Å²) in [6, 6.07) is 7.56. The van der Waals surface area contributed by atoms with E-state index < -0.39 is 0 Å². The lowest BCUT2D eigenvalue weighted by Crippen LogP contribution is -2.10. The molecular weight excluding hydrogens is 282 g/mol. The topological polar surface area (TPSA) is 89.0 Å². The van der Waals surface area contributed by atoms with Crippen LogP contribution >= 0.6 is 0 Å². The van der Waals surface area contributed by atoms with Gasteiger partial charge in [0.05, 0.1) is 24.1 Å². The van der Waals surface area contributed by atoms with Crippen LogP contribution < -0.4 is 10.6 Å². The van der Waals surface area contributed by atoms with Gasteiger partial charge in [0.15, 0.2) is 5.82 Å². The zero-order valence-corrected chi connectivity index (χ0v) is 12.2. The summed E-state index contributed by atoms with van der Waals surface area (Å²) in [5, 5.41) is 14.1. The van der Waals surface area contributed by atoms with Crippen molar-refractivity contribution in [3.05, 3.63) is 36.0 Å². The third kappa shape index (κ3) is 3.49. The zero-order valence-electron chi connectivity index (χ0n) is 12.2. The largest absolute Gasteiger partial charge is 0.462 e. The number of nitrogens with one attached hydrogen (secondary N) is 2. The normalized spacial score (nSPS) is 13.5. The molecule has 22 heavy (non-hydrogen) atoms. The van der Waals surface area contributed by atoms with Crippen molar-refractivity contribution in [3.8, 4) is 0 Å². The predicted octanol–water partition coefficient (Wildman–Crippen LogP) is 2.37. The Balaban J connectivity index is 1.79. The lowest BCUT2D eigenvalue weighted by molar-refractivity contribution is 0.0527. The second-order valence-corrected chi connectivity index (χ2v) is 4.97. The van der Waals surface area contributed by atoms with Crippen molar-refractivity contribution in [1.82, 2.24) is 15.2 Å². The molecule has 2 aromatic rings. The standard InChI is InChI=1S/C15H17N5O2/c1-2-22-14(21)11-5-3-4-6-12(11)18-15-19-13(9-16-20-15)17-10-7-8-10/h3-6,9-10H,2,7-8H2,1H3,(H2,17,18,19,20). The molecule has 1 fully saturated rings. The minimum atomic E-state index is -0.384. The van der Waals surface area contributed by atoms with Crippen LogP contribution in [0.2, 0.25) is 0 Å². The number of hydrogen-bond donors (Lipinski definition) is 2. The number of benzene rings is 1. The monoisotopic (exact) mass is 299 g/mol. The van der Waals surface area contributed by atoms with E-state index in [4.69, 9.17) is 4.74 Å². The SMILES string of the molecule is CCOC(=O)c1ccccc1Nc1nncc(NC2CC2)n1. The smallest absolute Gasteiger partial charge is 0.340 e. The molecule has 2 N–H and O–H groups in total. The molecule has 0 amide bonds.